The third-order valence-electron chi connectivity index (χ3n) is 13.0. The van der Waals surface area contributed by atoms with Crippen LogP contribution in [0.4, 0.5) is 0 Å². The summed E-state index contributed by atoms with van der Waals surface area (Å²) in [6, 6.07) is 14.7. The van der Waals surface area contributed by atoms with Crippen molar-refractivity contribution in [1.29, 1.82) is 0 Å². The molecule has 314 valence electrons. The fourth-order valence-electron chi connectivity index (χ4n) is 8.73. The average molecular weight is 779 g/mol. The Balaban J connectivity index is 1.17. The highest BCUT2D eigenvalue weighted by Crippen LogP contribution is 2.36. The van der Waals surface area contributed by atoms with Crippen LogP contribution in [0.1, 0.15) is 167 Å². The molecule has 2 saturated carbocycles. The second-order valence-electron chi connectivity index (χ2n) is 17.3. The van der Waals surface area contributed by atoms with Gasteiger partial charge in [-0.2, -0.15) is 0 Å². The van der Waals surface area contributed by atoms with Crippen LogP contribution in [0.15, 0.2) is 48.5 Å². The quantitative estimate of drug-likeness (QED) is 0.0862. The molecular formula is C48H74O8. The van der Waals surface area contributed by atoms with Crippen LogP contribution in [0.3, 0.4) is 0 Å². The maximum Gasteiger partial charge on any atom is 0.339 e. The molecule has 8 nitrogen and oxygen atoms in total. The van der Waals surface area contributed by atoms with E-state index in [-0.39, 0.29) is 13.2 Å². The molecule has 0 spiro atoms. The highest BCUT2D eigenvalue weighted by molar-refractivity contribution is 5.90. The zero-order valence-electron chi connectivity index (χ0n) is 35.2. The second-order valence-corrected chi connectivity index (χ2v) is 17.3. The molecule has 0 radical (unpaired) electrons. The first-order chi connectivity index (χ1) is 27.1. The van der Waals surface area contributed by atoms with Crippen molar-refractivity contribution >= 4 is 11.9 Å². The molecular weight excluding hydrogens is 705 g/mol. The Kier molecular flexibility index (Phi) is 19.5. The SMILES string of the molecule is CCCCC[C@H]1CC[C@H](CCCOc2ccc(CO[C@@](C)(C(=O)O)[C@@](C)(OCc3ccc(OCCC[C@H]4CC[C@H](CCCCC)CC4)cc3)C(=O)O)cc2)CC1. The van der Waals surface area contributed by atoms with Gasteiger partial charge in [-0.3, -0.25) is 0 Å². The monoisotopic (exact) mass is 779 g/mol. The molecule has 2 aromatic carbocycles. The van der Waals surface area contributed by atoms with Crippen LogP contribution >= 0.6 is 0 Å². The van der Waals surface area contributed by atoms with Gasteiger partial charge < -0.3 is 29.2 Å². The van der Waals surface area contributed by atoms with E-state index in [2.05, 4.69) is 13.8 Å². The zero-order valence-corrected chi connectivity index (χ0v) is 35.2. The van der Waals surface area contributed by atoms with Crippen molar-refractivity contribution in [1.82, 2.24) is 0 Å². The van der Waals surface area contributed by atoms with E-state index in [0.29, 0.717) is 24.3 Å². The number of hydrogen-bond acceptors (Lipinski definition) is 6. The lowest BCUT2D eigenvalue weighted by Crippen LogP contribution is -2.63. The molecule has 0 aromatic heterocycles. The Morgan fingerprint density at radius 1 is 0.518 bits per heavy atom. The summed E-state index contributed by atoms with van der Waals surface area (Å²) in [6.45, 7) is 8.17. The maximum atomic E-state index is 12.6. The second kappa shape index (κ2) is 24.0. The number of carboxylic acids is 2. The molecule has 0 bridgehead atoms. The standard InChI is InChI=1S/C48H74O8/c1-5-7-9-13-37-17-21-39(22-18-37)15-11-33-53-43-29-25-41(26-30-43)35-55-47(3,45(49)50)48(4,46(51)52)56-36-42-27-31-44(32-28-42)54-34-12-16-40-23-19-38(20-24-40)14-10-8-6-2/h25-32,37-40H,5-24,33-36H2,1-4H3,(H,49,50)(H,51,52)/t37-,38-,39-,40-,47-,48-/m0/s1. The van der Waals surface area contributed by atoms with E-state index in [0.717, 1.165) is 48.0 Å². The number of benzene rings is 2. The Morgan fingerprint density at radius 2 is 0.821 bits per heavy atom. The largest absolute Gasteiger partial charge is 0.494 e. The van der Waals surface area contributed by atoms with Crippen LogP contribution < -0.4 is 9.47 Å². The van der Waals surface area contributed by atoms with Crippen molar-refractivity contribution in [2.45, 2.75) is 181 Å². The molecule has 2 aliphatic rings. The molecule has 2 fully saturated rings. The Morgan fingerprint density at radius 3 is 1.11 bits per heavy atom. The predicted molar refractivity (Wildman–Crippen MR) is 223 cm³/mol. The Hall–Kier alpha value is -3.10. The molecule has 0 heterocycles. The van der Waals surface area contributed by atoms with Gasteiger partial charge >= 0.3 is 11.9 Å². The van der Waals surface area contributed by atoms with Crippen molar-refractivity contribution < 1.29 is 38.7 Å². The summed E-state index contributed by atoms with van der Waals surface area (Å²) in [6.07, 6.45) is 26.2. The maximum absolute atomic E-state index is 12.6. The van der Waals surface area contributed by atoms with Gasteiger partial charge in [-0.1, -0.05) is 141 Å². The summed E-state index contributed by atoms with van der Waals surface area (Å²) in [5.41, 5.74) is -2.96. The molecule has 8 heteroatoms. The van der Waals surface area contributed by atoms with Gasteiger partial charge in [0.1, 0.15) is 11.5 Å². The first-order valence-corrected chi connectivity index (χ1v) is 22.2. The summed E-state index contributed by atoms with van der Waals surface area (Å²) < 4.78 is 23.8. The lowest BCUT2D eigenvalue weighted by Gasteiger charge is -2.39. The van der Waals surface area contributed by atoms with Crippen molar-refractivity contribution in [3.63, 3.8) is 0 Å². The molecule has 2 aromatic rings. The molecule has 0 amide bonds. The van der Waals surface area contributed by atoms with E-state index >= 15 is 0 Å². The third-order valence-corrected chi connectivity index (χ3v) is 13.0. The number of ether oxygens (including phenoxy) is 4. The van der Waals surface area contributed by atoms with Crippen LogP contribution in [0.2, 0.25) is 0 Å². The van der Waals surface area contributed by atoms with Crippen molar-refractivity contribution in [2.75, 3.05) is 13.2 Å². The van der Waals surface area contributed by atoms with Crippen LogP contribution in [0.25, 0.3) is 0 Å². The fraction of sp³-hybridized carbons (Fsp3) is 0.708. The highest BCUT2D eigenvalue weighted by Gasteiger charge is 2.58. The van der Waals surface area contributed by atoms with E-state index < -0.39 is 23.1 Å². The molecule has 2 atom stereocenters. The molecule has 4 rings (SSSR count). The van der Waals surface area contributed by atoms with Gasteiger partial charge in [-0.25, -0.2) is 9.59 Å². The van der Waals surface area contributed by atoms with Crippen LogP contribution in [-0.4, -0.2) is 46.6 Å². The third kappa shape index (κ3) is 14.4. The normalized spacial score (nSPS) is 22.1. The summed E-state index contributed by atoms with van der Waals surface area (Å²) in [7, 11) is 0. The van der Waals surface area contributed by atoms with Gasteiger partial charge in [0.15, 0.2) is 0 Å². The van der Waals surface area contributed by atoms with Gasteiger partial charge in [0.25, 0.3) is 0 Å². The first kappa shape index (κ1) is 45.6. The molecule has 0 aliphatic heterocycles. The average Bonchev–Trinajstić information content (AvgIpc) is 3.21. The summed E-state index contributed by atoms with van der Waals surface area (Å²) >= 11 is 0. The van der Waals surface area contributed by atoms with E-state index in [1.165, 1.54) is 129 Å². The van der Waals surface area contributed by atoms with E-state index in [1.807, 2.05) is 48.5 Å². The Bertz CT molecular complexity index is 1290. The minimum atomic E-state index is -2.18. The molecule has 2 aliphatic carbocycles. The number of carbonyl (C=O) groups is 2. The Labute approximate surface area is 338 Å². The van der Waals surface area contributed by atoms with Gasteiger partial charge in [-0.05, 0) is 98.6 Å². The van der Waals surface area contributed by atoms with Crippen molar-refractivity contribution in [2.24, 2.45) is 23.7 Å². The molecule has 56 heavy (non-hydrogen) atoms. The van der Waals surface area contributed by atoms with Crippen molar-refractivity contribution in [3.8, 4) is 11.5 Å². The predicted octanol–water partition coefficient (Wildman–Crippen LogP) is 12.2. The molecule has 0 unspecified atom stereocenters. The van der Waals surface area contributed by atoms with Crippen LogP contribution in [0, 0.1) is 23.7 Å². The number of rotatable bonds is 27. The minimum absolute atomic E-state index is 0.108. The molecule has 2 N–H and O–H groups in total. The molecule has 0 saturated heterocycles. The van der Waals surface area contributed by atoms with E-state index in [4.69, 9.17) is 18.9 Å². The van der Waals surface area contributed by atoms with Gasteiger partial charge in [-0.15, -0.1) is 0 Å². The van der Waals surface area contributed by atoms with Gasteiger partial charge in [0, 0.05) is 0 Å². The number of aliphatic carboxylic acids is 2. The van der Waals surface area contributed by atoms with E-state index in [9.17, 15) is 19.8 Å². The minimum Gasteiger partial charge on any atom is -0.494 e. The number of hydrogen-bond donors (Lipinski definition) is 2. The fourth-order valence-corrected chi connectivity index (χ4v) is 8.73. The van der Waals surface area contributed by atoms with Gasteiger partial charge in [0.2, 0.25) is 11.2 Å². The van der Waals surface area contributed by atoms with Crippen LogP contribution in [0.5, 0.6) is 11.5 Å². The summed E-state index contributed by atoms with van der Waals surface area (Å²) in [5, 5.41) is 20.6. The van der Waals surface area contributed by atoms with Crippen molar-refractivity contribution in [3.05, 3.63) is 59.7 Å². The van der Waals surface area contributed by atoms with Gasteiger partial charge in [0.05, 0.1) is 26.4 Å². The van der Waals surface area contributed by atoms with E-state index in [1.54, 1.807) is 0 Å². The lowest BCUT2D eigenvalue weighted by atomic mass is 9.78. The number of carboxylic acid groups (broad SMARTS) is 2. The lowest BCUT2D eigenvalue weighted by molar-refractivity contribution is -0.227. The highest BCUT2D eigenvalue weighted by atomic mass is 16.6. The van der Waals surface area contributed by atoms with Crippen LogP contribution in [-0.2, 0) is 32.3 Å². The summed E-state index contributed by atoms with van der Waals surface area (Å²) in [5.74, 6) is 2.13. The first-order valence-electron chi connectivity index (χ1n) is 22.2. The topological polar surface area (TPSA) is 112 Å². The smallest absolute Gasteiger partial charge is 0.339 e. The summed E-state index contributed by atoms with van der Waals surface area (Å²) in [4.78, 5) is 25.2. The zero-order chi connectivity index (χ0) is 40.2. The number of unbranched alkanes of at least 4 members (excludes halogenated alkanes) is 4.